The summed E-state index contributed by atoms with van der Waals surface area (Å²) in [6, 6.07) is 16.7. The van der Waals surface area contributed by atoms with Gasteiger partial charge in [-0.05, 0) is 38.0 Å². The maximum atomic E-state index is 12.7. The number of para-hydroxylation sites is 1. The minimum Gasteiger partial charge on any atom is -0.444 e. The molecule has 0 saturated carbocycles. The van der Waals surface area contributed by atoms with Crippen LogP contribution in [0.25, 0.3) is 0 Å². The van der Waals surface area contributed by atoms with Crippen molar-refractivity contribution in [1.29, 1.82) is 0 Å². The Morgan fingerprint density at radius 3 is 2.40 bits per heavy atom. The van der Waals surface area contributed by atoms with Crippen LogP contribution in [0.5, 0.6) is 0 Å². The van der Waals surface area contributed by atoms with E-state index in [0.29, 0.717) is 24.3 Å². The fourth-order valence-corrected chi connectivity index (χ4v) is 3.69. The van der Waals surface area contributed by atoms with Crippen LogP contribution in [0.3, 0.4) is 0 Å². The van der Waals surface area contributed by atoms with Crippen molar-refractivity contribution in [2.75, 3.05) is 18.4 Å². The molecule has 1 saturated heterocycles. The van der Waals surface area contributed by atoms with Gasteiger partial charge < -0.3 is 25.6 Å². The summed E-state index contributed by atoms with van der Waals surface area (Å²) in [5.41, 5.74) is 1.59. The standard InChI is InChI=1S/C26H32N4O5/c1-26(2,3)35-25(34)28-15-22(31)29-21-12-8-7-11-19(21)14-27-24(33)20-13-23(32)30(17-20)16-18-9-5-4-6-10-18/h4-12,20H,13-17H2,1-3H3,(H,27,33)(H,28,34)(H,29,31). The van der Waals surface area contributed by atoms with Gasteiger partial charge in [0.2, 0.25) is 17.7 Å². The topological polar surface area (TPSA) is 117 Å². The number of nitrogens with one attached hydrogen (secondary N) is 3. The molecule has 2 aromatic rings. The molecule has 9 heteroatoms. The van der Waals surface area contributed by atoms with Gasteiger partial charge in [-0.2, -0.15) is 0 Å². The van der Waals surface area contributed by atoms with Crippen molar-refractivity contribution in [3.05, 3.63) is 65.7 Å². The second kappa shape index (κ2) is 11.5. The number of amides is 4. The molecule has 35 heavy (non-hydrogen) atoms. The number of rotatable bonds is 8. The van der Waals surface area contributed by atoms with Crippen LogP contribution >= 0.6 is 0 Å². The van der Waals surface area contributed by atoms with Gasteiger partial charge in [-0.15, -0.1) is 0 Å². The molecule has 1 heterocycles. The lowest BCUT2D eigenvalue weighted by Gasteiger charge is -2.19. The minimum absolute atomic E-state index is 0.0425. The van der Waals surface area contributed by atoms with Crippen LogP contribution in [-0.4, -0.2) is 47.4 Å². The Hall–Kier alpha value is -3.88. The molecule has 1 fully saturated rings. The van der Waals surface area contributed by atoms with Gasteiger partial charge in [0.05, 0.1) is 5.92 Å². The Labute approximate surface area is 205 Å². The zero-order valence-corrected chi connectivity index (χ0v) is 20.3. The first-order valence-corrected chi connectivity index (χ1v) is 11.5. The Balaban J connectivity index is 1.49. The Morgan fingerprint density at radius 1 is 1.00 bits per heavy atom. The van der Waals surface area contributed by atoms with Crippen LogP contribution in [0.1, 0.15) is 38.3 Å². The van der Waals surface area contributed by atoms with Crippen molar-refractivity contribution in [2.24, 2.45) is 5.92 Å². The number of carbonyl (C=O) groups excluding carboxylic acids is 4. The molecule has 9 nitrogen and oxygen atoms in total. The normalized spacial score (nSPS) is 15.5. The fraction of sp³-hybridized carbons (Fsp3) is 0.385. The third-order valence-corrected chi connectivity index (χ3v) is 5.34. The van der Waals surface area contributed by atoms with E-state index in [1.54, 1.807) is 49.9 Å². The lowest BCUT2D eigenvalue weighted by atomic mass is 10.1. The Morgan fingerprint density at radius 2 is 1.69 bits per heavy atom. The molecule has 0 aliphatic carbocycles. The van der Waals surface area contributed by atoms with E-state index < -0.39 is 23.5 Å². The van der Waals surface area contributed by atoms with E-state index in [1.165, 1.54) is 0 Å². The predicted molar refractivity (Wildman–Crippen MR) is 131 cm³/mol. The maximum Gasteiger partial charge on any atom is 0.408 e. The molecule has 1 atom stereocenters. The molecule has 1 aliphatic heterocycles. The summed E-state index contributed by atoms with van der Waals surface area (Å²) < 4.78 is 5.12. The minimum atomic E-state index is -0.680. The van der Waals surface area contributed by atoms with E-state index >= 15 is 0 Å². The van der Waals surface area contributed by atoms with E-state index in [2.05, 4.69) is 16.0 Å². The maximum absolute atomic E-state index is 12.7. The zero-order chi connectivity index (χ0) is 25.4. The summed E-state index contributed by atoms with van der Waals surface area (Å²) >= 11 is 0. The fourth-order valence-electron chi connectivity index (χ4n) is 3.69. The first-order valence-electron chi connectivity index (χ1n) is 11.5. The first kappa shape index (κ1) is 25.7. The van der Waals surface area contributed by atoms with Gasteiger partial charge in [0.1, 0.15) is 12.1 Å². The summed E-state index contributed by atoms with van der Waals surface area (Å²) in [5.74, 6) is -1.10. The lowest BCUT2D eigenvalue weighted by molar-refractivity contribution is -0.129. The van der Waals surface area contributed by atoms with E-state index in [4.69, 9.17) is 4.74 Å². The molecular weight excluding hydrogens is 448 g/mol. The summed E-state index contributed by atoms with van der Waals surface area (Å²) in [7, 11) is 0. The van der Waals surface area contributed by atoms with Gasteiger partial charge in [0, 0.05) is 31.7 Å². The molecule has 2 aromatic carbocycles. The second-order valence-corrected chi connectivity index (χ2v) is 9.44. The number of likely N-dealkylation sites (tertiary alicyclic amines) is 1. The smallest absolute Gasteiger partial charge is 0.408 e. The van der Waals surface area contributed by atoms with Crippen LogP contribution in [0, 0.1) is 5.92 Å². The average Bonchev–Trinajstić information content (AvgIpc) is 3.16. The van der Waals surface area contributed by atoms with Crippen molar-refractivity contribution in [3.63, 3.8) is 0 Å². The van der Waals surface area contributed by atoms with Gasteiger partial charge >= 0.3 is 6.09 Å². The third kappa shape index (κ3) is 8.13. The molecule has 1 aliphatic rings. The molecule has 3 rings (SSSR count). The van der Waals surface area contributed by atoms with Gasteiger partial charge in [-0.25, -0.2) is 4.79 Å². The van der Waals surface area contributed by atoms with Gasteiger partial charge in [-0.1, -0.05) is 48.5 Å². The molecular formula is C26H32N4O5. The molecule has 4 amide bonds. The van der Waals surface area contributed by atoms with Crippen LogP contribution in [-0.2, 0) is 32.2 Å². The highest BCUT2D eigenvalue weighted by Gasteiger charge is 2.34. The van der Waals surface area contributed by atoms with Gasteiger partial charge in [0.15, 0.2) is 0 Å². The van der Waals surface area contributed by atoms with Crippen LogP contribution in [0.2, 0.25) is 0 Å². The van der Waals surface area contributed by atoms with Crippen molar-refractivity contribution in [3.8, 4) is 0 Å². The number of ether oxygens (including phenoxy) is 1. The number of carbonyl (C=O) groups is 4. The number of hydrogen-bond acceptors (Lipinski definition) is 5. The van der Waals surface area contributed by atoms with Crippen molar-refractivity contribution in [1.82, 2.24) is 15.5 Å². The summed E-state index contributed by atoms with van der Waals surface area (Å²) in [4.78, 5) is 50.9. The van der Waals surface area contributed by atoms with Gasteiger partial charge in [0.25, 0.3) is 0 Å². The summed E-state index contributed by atoms with van der Waals surface area (Å²) in [6.45, 7) is 6.00. The van der Waals surface area contributed by atoms with Crippen LogP contribution in [0.4, 0.5) is 10.5 Å². The number of hydrogen-bond donors (Lipinski definition) is 3. The zero-order valence-electron chi connectivity index (χ0n) is 20.3. The molecule has 1 unspecified atom stereocenters. The number of benzene rings is 2. The van der Waals surface area contributed by atoms with Crippen molar-refractivity contribution < 1.29 is 23.9 Å². The first-order chi connectivity index (χ1) is 16.6. The highest BCUT2D eigenvalue weighted by Crippen LogP contribution is 2.21. The average molecular weight is 481 g/mol. The molecule has 0 aromatic heterocycles. The van der Waals surface area contributed by atoms with E-state index in [-0.39, 0.29) is 31.3 Å². The summed E-state index contributed by atoms with van der Waals surface area (Å²) in [6.07, 6.45) is -0.506. The van der Waals surface area contributed by atoms with Gasteiger partial charge in [-0.3, -0.25) is 14.4 Å². The number of alkyl carbamates (subject to hydrolysis) is 1. The monoisotopic (exact) mass is 480 g/mol. The van der Waals surface area contributed by atoms with Crippen LogP contribution in [0.15, 0.2) is 54.6 Å². The van der Waals surface area contributed by atoms with Crippen molar-refractivity contribution in [2.45, 2.75) is 45.9 Å². The van der Waals surface area contributed by atoms with E-state index in [0.717, 1.165) is 5.56 Å². The van der Waals surface area contributed by atoms with Crippen molar-refractivity contribution >= 4 is 29.5 Å². The summed E-state index contributed by atoms with van der Waals surface area (Å²) in [5, 5.41) is 8.03. The quantitative estimate of drug-likeness (QED) is 0.537. The largest absolute Gasteiger partial charge is 0.444 e. The van der Waals surface area contributed by atoms with Crippen LogP contribution < -0.4 is 16.0 Å². The molecule has 0 bridgehead atoms. The highest BCUT2D eigenvalue weighted by atomic mass is 16.6. The molecule has 3 N–H and O–H groups in total. The number of anilines is 1. The third-order valence-electron chi connectivity index (χ3n) is 5.34. The lowest BCUT2D eigenvalue weighted by Crippen LogP contribution is -2.37. The highest BCUT2D eigenvalue weighted by molar-refractivity contribution is 5.94. The Bertz CT molecular complexity index is 1060. The molecule has 0 spiro atoms. The SMILES string of the molecule is CC(C)(C)OC(=O)NCC(=O)Nc1ccccc1CNC(=O)C1CC(=O)N(Cc2ccccc2)C1. The van der Waals surface area contributed by atoms with E-state index in [9.17, 15) is 19.2 Å². The van der Waals surface area contributed by atoms with E-state index in [1.807, 2.05) is 30.3 Å². The number of nitrogens with zero attached hydrogens (tertiary/aromatic N) is 1. The second-order valence-electron chi connectivity index (χ2n) is 9.44. The molecule has 186 valence electrons. The molecule has 0 radical (unpaired) electrons. The Kier molecular flexibility index (Phi) is 8.46. The predicted octanol–water partition coefficient (Wildman–Crippen LogP) is 2.81.